The van der Waals surface area contributed by atoms with Crippen molar-refractivity contribution in [2.45, 2.75) is 26.2 Å². The highest BCUT2D eigenvalue weighted by atomic mass is 16.1. The molecule has 6 nitrogen and oxygen atoms in total. The molecule has 0 aliphatic carbocycles. The minimum atomic E-state index is -0.344. The Labute approximate surface area is 156 Å². The van der Waals surface area contributed by atoms with Crippen LogP contribution in [0.3, 0.4) is 0 Å². The third-order valence-corrected chi connectivity index (χ3v) is 4.40. The molecule has 3 N–H and O–H groups in total. The molecule has 140 valence electrons. The van der Waals surface area contributed by atoms with Crippen LogP contribution < -0.4 is 16.0 Å². The van der Waals surface area contributed by atoms with Crippen LogP contribution in [0, 0.1) is 11.3 Å². The van der Waals surface area contributed by atoms with Gasteiger partial charge in [0.2, 0.25) is 0 Å². The normalized spacial score (nSPS) is 16.0. The Hall–Kier alpha value is -2.36. The second-order valence-electron chi connectivity index (χ2n) is 7.46. The summed E-state index contributed by atoms with van der Waals surface area (Å²) < 4.78 is 0. The number of benzene rings is 1. The van der Waals surface area contributed by atoms with Gasteiger partial charge in [0.1, 0.15) is 11.6 Å². The van der Waals surface area contributed by atoms with Crippen LogP contribution in [0.5, 0.6) is 0 Å². The molecule has 0 spiro atoms. The lowest BCUT2D eigenvalue weighted by molar-refractivity contribution is -0.117. The number of hydrogen-bond donors (Lipinski definition) is 3. The fraction of sp³-hybridized carbons (Fsp3) is 0.500. The Kier molecular flexibility index (Phi) is 7.19. The molecular weight excluding hydrogens is 326 g/mol. The number of rotatable bonds is 6. The lowest BCUT2D eigenvalue weighted by Crippen LogP contribution is -2.46. The Bertz CT molecular complexity index is 678. The van der Waals surface area contributed by atoms with Gasteiger partial charge in [-0.15, -0.1) is 0 Å². The van der Waals surface area contributed by atoms with Crippen LogP contribution in [0.4, 0.5) is 5.69 Å². The van der Waals surface area contributed by atoms with Crippen molar-refractivity contribution in [2.75, 3.05) is 44.6 Å². The van der Waals surface area contributed by atoms with Gasteiger partial charge in [0.15, 0.2) is 0 Å². The van der Waals surface area contributed by atoms with E-state index in [0.29, 0.717) is 6.54 Å². The monoisotopic (exact) mass is 355 g/mol. The van der Waals surface area contributed by atoms with Crippen molar-refractivity contribution >= 4 is 11.6 Å². The van der Waals surface area contributed by atoms with E-state index in [-0.39, 0.29) is 16.9 Å². The van der Waals surface area contributed by atoms with Gasteiger partial charge >= 0.3 is 0 Å². The van der Waals surface area contributed by atoms with Gasteiger partial charge < -0.3 is 16.0 Å². The highest BCUT2D eigenvalue weighted by Gasteiger charge is 2.17. The molecule has 1 heterocycles. The number of nitrogens with zero attached hydrogens (tertiary/aromatic N) is 2. The standard InChI is InChI=1S/C20H29N5O/c1-20(2,3)17-6-4-5-7-18(17)24-15-16(14-21)19(26)23-10-13-25-11-8-22-9-12-25/h4-7,15,22,24H,8-13H2,1-3H3,(H,23,26)/b16-15-. The summed E-state index contributed by atoms with van der Waals surface area (Å²) in [6, 6.07) is 9.91. The quantitative estimate of drug-likeness (QED) is 0.536. The zero-order chi connectivity index (χ0) is 19.0. The van der Waals surface area contributed by atoms with E-state index in [9.17, 15) is 10.1 Å². The largest absolute Gasteiger partial charge is 0.360 e. The Balaban J connectivity index is 1.93. The van der Waals surface area contributed by atoms with E-state index < -0.39 is 0 Å². The van der Waals surface area contributed by atoms with Crippen molar-refractivity contribution in [3.8, 4) is 6.07 Å². The first-order chi connectivity index (χ1) is 12.4. The molecule has 6 heteroatoms. The van der Waals surface area contributed by atoms with E-state index in [0.717, 1.165) is 44.0 Å². The zero-order valence-electron chi connectivity index (χ0n) is 15.9. The maximum Gasteiger partial charge on any atom is 0.263 e. The number of carbonyl (C=O) groups is 1. The minimum absolute atomic E-state index is 0.0319. The van der Waals surface area contributed by atoms with E-state index in [1.54, 1.807) is 0 Å². The van der Waals surface area contributed by atoms with Gasteiger partial charge in [0, 0.05) is 51.2 Å². The molecule has 0 radical (unpaired) electrons. The summed E-state index contributed by atoms with van der Waals surface area (Å²) in [7, 11) is 0. The van der Waals surface area contributed by atoms with E-state index in [1.807, 2.05) is 24.3 Å². The maximum atomic E-state index is 12.2. The summed E-state index contributed by atoms with van der Waals surface area (Å²) in [5.41, 5.74) is 2.08. The first-order valence-corrected chi connectivity index (χ1v) is 9.09. The molecule has 1 amide bonds. The molecule has 1 aromatic rings. The summed E-state index contributed by atoms with van der Waals surface area (Å²) in [5.74, 6) is -0.344. The second-order valence-corrected chi connectivity index (χ2v) is 7.46. The van der Waals surface area contributed by atoms with Crippen LogP contribution in [0.2, 0.25) is 0 Å². The molecule has 0 unspecified atom stereocenters. The fourth-order valence-corrected chi connectivity index (χ4v) is 2.92. The van der Waals surface area contributed by atoms with Crippen molar-refractivity contribution in [3.63, 3.8) is 0 Å². The average Bonchev–Trinajstić information content (AvgIpc) is 2.62. The fourth-order valence-electron chi connectivity index (χ4n) is 2.92. The first-order valence-electron chi connectivity index (χ1n) is 9.09. The number of anilines is 1. The van der Waals surface area contributed by atoms with Gasteiger partial charge in [-0.3, -0.25) is 9.69 Å². The lowest BCUT2D eigenvalue weighted by Gasteiger charge is -2.27. The van der Waals surface area contributed by atoms with Crippen molar-refractivity contribution < 1.29 is 4.79 Å². The molecule has 26 heavy (non-hydrogen) atoms. The molecule has 1 aliphatic heterocycles. The Morgan fingerprint density at radius 2 is 2.00 bits per heavy atom. The van der Waals surface area contributed by atoms with Gasteiger partial charge in [-0.2, -0.15) is 5.26 Å². The van der Waals surface area contributed by atoms with Gasteiger partial charge in [-0.05, 0) is 17.0 Å². The van der Waals surface area contributed by atoms with E-state index in [2.05, 4.69) is 47.7 Å². The van der Waals surface area contributed by atoms with Crippen molar-refractivity contribution in [1.29, 1.82) is 5.26 Å². The molecule has 2 rings (SSSR count). The van der Waals surface area contributed by atoms with E-state index in [1.165, 1.54) is 6.20 Å². The SMILES string of the molecule is CC(C)(C)c1ccccc1N/C=C(/C#N)C(=O)NCCN1CCNCC1. The highest BCUT2D eigenvalue weighted by molar-refractivity contribution is 5.97. The number of para-hydroxylation sites is 1. The zero-order valence-corrected chi connectivity index (χ0v) is 15.9. The topological polar surface area (TPSA) is 80.2 Å². The van der Waals surface area contributed by atoms with Crippen LogP contribution in [0.15, 0.2) is 36.0 Å². The van der Waals surface area contributed by atoms with Crippen molar-refractivity contribution in [2.24, 2.45) is 0 Å². The Morgan fingerprint density at radius 1 is 1.31 bits per heavy atom. The molecular formula is C20H29N5O. The van der Waals surface area contributed by atoms with Crippen molar-refractivity contribution in [3.05, 3.63) is 41.6 Å². The van der Waals surface area contributed by atoms with Gasteiger partial charge in [-0.1, -0.05) is 39.0 Å². The molecule has 1 fully saturated rings. The molecule has 0 aromatic heterocycles. The maximum absolute atomic E-state index is 12.2. The van der Waals surface area contributed by atoms with Crippen LogP contribution in [0.1, 0.15) is 26.3 Å². The minimum Gasteiger partial charge on any atom is -0.360 e. The third-order valence-electron chi connectivity index (χ3n) is 4.40. The second kappa shape index (κ2) is 9.37. The van der Waals surface area contributed by atoms with Crippen LogP contribution >= 0.6 is 0 Å². The summed E-state index contributed by atoms with van der Waals surface area (Å²) in [4.78, 5) is 14.5. The summed E-state index contributed by atoms with van der Waals surface area (Å²) in [6.45, 7) is 11.7. The van der Waals surface area contributed by atoms with Crippen LogP contribution in [0.25, 0.3) is 0 Å². The predicted molar refractivity (Wildman–Crippen MR) is 105 cm³/mol. The molecule has 0 atom stereocenters. The van der Waals surface area contributed by atoms with Gasteiger partial charge in [-0.25, -0.2) is 0 Å². The third kappa shape index (κ3) is 5.87. The van der Waals surface area contributed by atoms with Crippen molar-refractivity contribution in [1.82, 2.24) is 15.5 Å². The summed E-state index contributed by atoms with van der Waals surface area (Å²) >= 11 is 0. The van der Waals surface area contributed by atoms with Crippen LogP contribution in [-0.2, 0) is 10.2 Å². The number of nitriles is 1. The van der Waals surface area contributed by atoms with E-state index in [4.69, 9.17) is 0 Å². The molecule has 0 saturated carbocycles. The summed E-state index contributed by atoms with van der Waals surface area (Å²) in [6.07, 6.45) is 1.49. The van der Waals surface area contributed by atoms with E-state index >= 15 is 0 Å². The lowest BCUT2D eigenvalue weighted by atomic mass is 9.86. The van der Waals surface area contributed by atoms with Crippen LogP contribution in [-0.4, -0.2) is 50.1 Å². The molecule has 1 saturated heterocycles. The molecule has 0 bridgehead atoms. The summed E-state index contributed by atoms with van der Waals surface area (Å²) in [5, 5.41) is 18.6. The van der Waals surface area contributed by atoms with Gasteiger partial charge in [0.05, 0.1) is 0 Å². The smallest absolute Gasteiger partial charge is 0.263 e. The average molecular weight is 355 g/mol. The molecule has 1 aromatic carbocycles. The predicted octanol–water partition coefficient (Wildman–Crippen LogP) is 1.82. The van der Waals surface area contributed by atoms with Gasteiger partial charge in [0.25, 0.3) is 5.91 Å². The number of carbonyl (C=O) groups excluding carboxylic acids is 1. The highest BCUT2D eigenvalue weighted by Crippen LogP contribution is 2.29. The Morgan fingerprint density at radius 3 is 2.65 bits per heavy atom. The number of piperazine rings is 1. The number of amides is 1. The molecule has 1 aliphatic rings. The number of hydrogen-bond acceptors (Lipinski definition) is 5. The number of nitrogens with one attached hydrogen (secondary N) is 3. The first kappa shape index (κ1) is 20.0.